The number of ether oxygens (including phenoxy) is 1. The summed E-state index contributed by atoms with van der Waals surface area (Å²) in [5.74, 6) is -2.37. The van der Waals surface area contributed by atoms with E-state index in [1.54, 1.807) is 19.2 Å². The summed E-state index contributed by atoms with van der Waals surface area (Å²) in [6.45, 7) is 3.03. The van der Waals surface area contributed by atoms with Crippen LogP contribution >= 0.6 is 0 Å². The number of aryl methyl sites for hydroxylation is 1. The molecule has 12 heteroatoms. The van der Waals surface area contributed by atoms with E-state index in [0.29, 0.717) is 31.7 Å². The van der Waals surface area contributed by atoms with Gasteiger partial charge in [0.25, 0.3) is 5.91 Å². The number of sulfone groups is 2. The van der Waals surface area contributed by atoms with Crippen molar-refractivity contribution in [2.75, 3.05) is 32.3 Å². The van der Waals surface area contributed by atoms with Crippen LogP contribution in [-0.2, 0) is 41.5 Å². The lowest BCUT2D eigenvalue weighted by atomic mass is 9.93. The standard InChI is InChI=1S/C33H40N2O8S2/c1-23-9-7-8-12-28(23)30-17-25(13-14-29(30)32(36)34-31(33(37)38)15-16-44(3,39)40)19-35-20-27(18-26(35)21-43-2)45(41,42)22-24-10-5-4-6-11-24/h4-14,17,26-27,31H,15-16,18-22H2,1-3H3,(H,34,36)(H,37,38)/t26-,27-,31-/m0/s1. The number of methoxy groups -OCH3 is 1. The number of likely N-dealkylation sites (tertiary alicyclic amines) is 1. The number of nitrogens with zero attached hydrogens (tertiary/aromatic N) is 1. The minimum absolute atomic E-state index is 0.0329. The molecule has 0 bridgehead atoms. The molecule has 45 heavy (non-hydrogen) atoms. The molecule has 3 atom stereocenters. The number of amides is 1. The Kier molecular flexibility index (Phi) is 11.2. The number of carbonyl (C=O) groups excluding carboxylic acids is 1. The van der Waals surface area contributed by atoms with Crippen LogP contribution in [0.15, 0.2) is 72.8 Å². The van der Waals surface area contributed by atoms with E-state index >= 15 is 0 Å². The van der Waals surface area contributed by atoms with Crippen LogP contribution in [-0.4, -0.2) is 88.3 Å². The van der Waals surface area contributed by atoms with E-state index in [2.05, 4.69) is 10.2 Å². The van der Waals surface area contributed by atoms with Crippen LogP contribution in [0.25, 0.3) is 11.1 Å². The molecule has 0 aliphatic carbocycles. The van der Waals surface area contributed by atoms with Gasteiger partial charge in [-0.3, -0.25) is 9.69 Å². The van der Waals surface area contributed by atoms with Crippen molar-refractivity contribution >= 4 is 31.6 Å². The van der Waals surface area contributed by atoms with Gasteiger partial charge < -0.3 is 15.2 Å². The van der Waals surface area contributed by atoms with Gasteiger partial charge in [0.2, 0.25) is 0 Å². The lowest BCUT2D eigenvalue weighted by Gasteiger charge is -2.24. The maximum atomic E-state index is 13.5. The average Bonchev–Trinajstić information content (AvgIpc) is 3.38. The predicted molar refractivity (Wildman–Crippen MR) is 173 cm³/mol. The highest BCUT2D eigenvalue weighted by atomic mass is 32.2. The Morgan fingerprint density at radius 1 is 0.978 bits per heavy atom. The second-order valence-corrected chi connectivity index (χ2v) is 16.2. The number of benzene rings is 3. The molecule has 0 radical (unpaired) electrons. The molecular weight excluding hydrogens is 617 g/mol. The molecule has 1 aliphatic rings. The zero-order valence-electron chi connectivity index (χ0n) is 25.7. The fraction of sp³-hybridized carbons (Fsp3) is 0.394. The highest BCUT2D eigenvalue weighted by Gasteiger charge is 2.39. The molecular formula is C33H40N2O8S2. The number of aliphatic carboxylic acids is 1. The number of carboxylic acids is 1. The van der Waals surface area contributed by atoms with E-state index in [4.69, 9.17) is 4.74 Å². The van der Waals surface area contributed by atoms with Crippen molar-refractivity contribution in [3.05, 3.63) is 95.1 Å². The van der Waals surface area contributed by atoms with Crippen molar-refractivity contribution in [3.8, 4) is 11.1 Å². The minimum atomic E-state index is -3.43. The van der Waals surface area contributed by atoms with Gasteiger partial charge in [0, 0.05) is 38.1 Å². The van der Waals surface area contributed by atoms with Crippen LogP contribution in [0.2, 0.25) is 0 Å². The molecule has 1 saturated heterocycles. The van der Waals surface area contributed by atoms with E-state index < -0.39 is 42.8 Å². The van der Waals surface area contributed by atoms with E-state index in [9.17, 15) is 31.5 Å². The third-order valence-electron chi connectivity index (χ3n) is 8.10. The number of carbonyl (C=O) groups is 2. The van der Waals surface area contributed by atoms with Crippen LogP contribution in [0, 0.1) is 6.92 Å². The number of rotatable bonds is 14. The molecule has 0 saturated carbocycles. The van der Waals surface area contributed by atoms with Crippen LogP contribution in [0.4, 0.5) is 0 Å². The van der Waals surface area contributed by atoms with E-state index in [1.807, 2.05) is 67.6 Å². The molecule has 1 amide bonds. The Labute approximate surface area is 265 Å². The quantitative estimate of drug-likeness (QED) is 0.266. The third kappa shape index (κ3) is 9.23. The van der Waals surface area contributed by atoms with Crippen molar-refractivity contribution in [3.63, 3.8) is 0 Å². The Morgan fingerprint density at radius 2 is 1.67 bits per heavy atom. The number of hydrogen-bond donors (Lipinski definition) is 2. The lowest BCUT2D eigenvalue weighted by Crippen LogP contribution is -2.42. The monoisotopic (exact) mass is 656 g/mol. The van der Waals surface area contributed by atoms with Crippen LogP contribution < -0.4 is 5.32 Å². The summed E-state index contributed by atoms with van der Waals surface area (Å²) >= 11 is 0. The Bertz CT molecular complexity index is 1730. The number of nitrogens with one attached hydrogen (secondary N) is 1. The van der Waals surface area contributed by atoms with Crippen LogP contribution in [0.1, 0.15) is 39.9 Å². The SMILES string of the molecule is COC[C@@H]1C[C@H](S(=O)(=O)Cc2ccccc2)CN1Cc1ccc(C(=O)N[C@@H](CCS(C)(=O)=O)C(=O)O)c(-c2ccccc2C)c1. The smallest absolute Gasteiger partial charge is 0.326 e. The number of hydrogen-bond acceptors (Lipinski definition) is 8. The molecule has 242 valence electrons. The van der Waals surface area contributed by atoms with Crippen molar-refractivity contribution < 1.29 is 36.3 Å². The fourth-order valence-corrected chi connectivity index (χ4v) is 8.22. The third-order valence-corrected chi connectivity index (χ3v) is 11.2. The van der Waals surface area contributed by atoms with Gasteiger partial charge in [-0.15, -0.1) is 0 Å². The van der Waals surface area contributed by atoms with Crippen molar-refractivity contribution in [1.29, 1.82) is 0 Å². The van der Waals surface area contributed by atoms with E-state index in [0.717, 1.165) is 28.5 Å². The normalized spacial score (nSPS) is 18.0. The Morgan fingerprint density at radius 3 is 2.31 bits per heavy atom. The molecule has 3 aromatic carbocycles. The predicted octanol–water partition coefficient (Wildman–Crippen LogP) is 3.48. The van der Waals surface area contributed by atoms with E-state index in [1.165, 1.54) is 0 Å². The van der Waals surface area contributed by atoms with Gasteiger partial charge in [-0.2, -0.15) is 0 Å². The van der Waals surface area contributed by atoms with Crippen molar-refractivity contribution in [2.45, 2.75) is 49.4 Å². The van der Waals surface area contributed by atoms with Crippen LogP contribution in [0.5, 0.6) is 0 Å². The summed E-state index contributed by atoms with van der Waals surface area (Å²) in [7, 11) is -5.27. The largest absolute Gasteiger partial charge is 0.480 e. The fourth-order valence-electron chi connectivity index (χ4n) is 5.73. The highest BCUT2D eigenvalue weighted by Crippen LogP contribution is 2.31. The second kappa shape index (κ2) is 14.7. The molecule has 1 heterocycles. The van der Waals surface area contributed by atoms with Gasteiger partial charge in [0.15, 0.2) is 9.84 Å². The molecule has 3 aromatic rings. The zero-order valence-corrected chi connectivity index (χ0v) is 27.3. The summed E-state index contributed by atoms with van der Waals surface area (Å²) in [5.41, 5.74) is 4.12. The van der Waals surface area contributed by atoms with Gasteiger partial charge in [-0.25, -0.2) is 21.6 Å². The summed E-state index contributed by atoms with van der Waals surface area (Å²) < 4.78 is 55.5. The zero-order chi connectivity index (χ0) is 32.8. The summed E-state index contributed by atoms with van der Waals surface area (Å²) in [6, 6.07) is 20.4. The molecule has 0 unspecified atom stereocenters. The maximum absolute atomic E-state index is 13.5. The highest BCUT2D eigenvalue weighted by molar-refractivity contribution is 7.91. The topological polar surface area (TPSA) is 147 Å². The molecule has 10 nitrogen and oxygen atoms in total. The summed E-state index contributed by atoms with van der Waals surface area (Å²) in [4.78, 5) is 27.4. The van der Waals surface area contributed by atoms with Crippen LogP contribution in [0.3, 0.4) is 0 Å². The first kappa shape index (κ1) is 34.3. The van der Waals surface area contributed by atoms with Crippen molar-refractivity contribution in [2.24, 2.45) is 0 Å². The second-order valence-electron chi connectivity index (χ2n) is 11.7. The first-order valence-corrected chi connectivity index (χ1v) is 18.4. The number of carboxylic acid groups (broad SMARTS) is 1. The van der Waals surface area contributed by atoms with Gasteiger partial charge in [0.05, 0.1) is 23.4 Å². The molecule has 1 aliphatic heterocycles. The molecule has 2 N–H and O–H groups in total. The van der Waals surface area contributed by atoms with Gasteiger partial charge >= 0.3 is 5.97 Å². The van der Waals surface area contributed by atoms with Gasteiger partial charge in [-0.05, 0) is 59.7 Å². The molecule has 1 fully saturated rings. The van der Waals surface area contributed by atoms with Crippen molar-refractivity contribution in [1.82, 2.24) is 10.2 Å². The molecule has 0 spiro atoms. The van der Waals surface area contributed by atoms with E-state index in [-0.39, 0.29) is 29.5 Å². The minimum Gasteiger partial charge on any atom is -0.480 e. The van der Waals surface area contributed by atoms with Gasteiger partial charge in [-0.1, -0.05) is 60.7 Å². The van der Waals surface area contributed by atoms with Gasteiger partial charge in [0.1, 0.15) is 15.9 Å². The maximum Gasteiger partial charge on any atom is 0.326 e. The first-order valence-electron chi connectivity index (χ1n) is 14.7. The molecule has 0 aromatic heterocycles. The summed E-state index contributed by atoms with van der Waals surface area (Å²) in [6.07, 6.45) is 1.20. The average molecular weight is 657 g/mol. The summed E-state index contributed by atoms with van der Waals surface area (Å²) in [5, 5.41) is 11.6. The first-order chi connectivity index (χ1) is 21.3. The molecule has 4 rings (SSSR count). The Hall–Kier alpha value is -3.58. The Balaban J connectivity index is 1.61. The lowest BCUT2D eigenvalue weighted by molar-refractivity contribution is -0.139.